The predicted molar refractivity (Wildman–Crippen MR) is 91.6 cm³/mol. The Morgan fingerprint density at radius 2 is 1.57 bits per heavy atom. The molecule has 0 aliphatic heterocycles. The van der Waals surface area contributed by atoms with Crippen molar-refractivity contribution >= 4 is 34.8 Å². The van der Waals surface area contributed by atoms with E-state index in [4.69, 9.17) is 11.6 Å². The second-order valence-electron chi connectivity index (χ2n) is 5.84. The smallest absolute Gasteiger partial charge is 0.240 e. The highest BCUT2D eigenvalue weighted by Crippen LogP contribution is 2.47. The van der Waals surface area contributed by atoms with Crippen molar-refractivity contribution in [3.63, 3.8) is 0 Å². The molecule has 0 radical (unpaired) electrons. The lowest BCUT2D eigenvalue weighted by atomic mass is 10.0. The standard InChI is InChI=1S/C18H17ClN2O2/c1-12-6-8-13(9-7-12)20-16(22)18(10-11-18)17(23)21-15-5-3-2-4-14(15)19/h2-9H,10-11H2,1H3,(H,20,22)(H,21,23). The van der Waals surface area contributed by atoms with Gasteiger partial charge in [-0.1, -0.05) is 41.4 Å². The molecule has 0 spiro atoms. The fourth-order valence-corrected chi connectivity index (χ4v) is 2.56. The molecule has 0 atom stereocenters. The van der Waals surface area contributed by atoms with Crippen molar-refractivity contribution in [1.29, 1.82) is 0 Å². The van der Waals surface area contributed by atoms with Gasteiger partial charge >= 0.3 is 0 Å². The molecule has 1 fully saturated rings. The lowest BCUT2D eigenvalue weighted by Crippen LogP contribution is -2.35. The van der Waals surface area contributed by atoms with Crippen LogP contribution in [0.3, 0.4) is 0 Å². The molecular formula is C18H17ClN2O2. The van der Waals surface area contributed by atoms with Crippen LogP contribution in [0, 0.1) is 12.3 Å². The number of nitrogens with one attached hydrogen (secondary N) is 2. The minimum absolute atomic E-state index is 0.272. The summed E-state index contributed by atoms with van der Waals surface area (Å²) in [5.74, 6) is -0.582. The van der Waals surface area contributed by atoms with Crippen molar-refractivity contribution in [2.45, 2.75) is 19.8 Å². The highest BCUT2D eigenvalue weighted by Gasteiger charge is 2.56. The monoisotopic (exact) mass is 328 g/mol. The molecular weight excluding hydrogens is 312 g/mol. The van der Waals surface area contributed by atoms with Gasteiger partial charge in [-0.2, -0.15) is 0 Å². The van der Waals surface area contributed by atoms with Crippen LogP contribution < -0.4 is 10.6 Å². The number of aryl methyl sites for hydroxylation is 1. The summed E-state index contributed by atoms with van der Waals surface area (Å²) in [6.07, 6.45) is 1.09. The lowest BCUT2D eigenvalue weighted by Gasteiger charge is -2.16. The van der Waals surface area contributed by atoms with Gasteiger partial charge in [0.15, 0.2) is 0 Å². The van der Waals surface area contributed by atoms with E-state index in [0.717, 1.165) is 5.56 Å². The van der Waals surface area contributed by atoms with Gasteiger partial charge < -0.3 is 10.6 Å². The largest absolute Gasteiger partial charge is 0.325 e. The molecule has 118 valence electrons. The van der Waals surface area contributed by atoms with Crippen LogP contribution in [0.5, 0.6) is 0 Å². The number of benzene rings is 2. The molecule has 2 aromatic carbocycles. The maximum atomic E-state index is 12.5. The number of hydrogen-bond donors (Lipinski definition) is 2. The topological polar surface area (TPSA) is 58.2 Å². The number of carbonyl (C=O) groups is 2. The first-order valence-corrected chi connectivity index (χ1v) is 7.83. The Labute approximate surface area is 139 Å². The third kappa shape index (κ3) is 3.22. The number of amides is 2. The molecule has 1 aliphatic carbocycles. The minimum Gasteiger partial charge on any atom is -0.325 e. The second kappa shape index (κ2) is 6.05. The van der Waals surface area contributed by atoms with Crippen molar-refractivity contribution in [3.05, 3.63) is 59.1 Å². The van der Waals surface area contributed by atoms with E-state index >= 15 is 0 Å². The minimum atomic E-state index is -0.996. The zero-order valence-electron chi connectivity index (χ0n) is 12.7. The van der Waals surface area contributed by atoms with Crippen LogP contribution in [-0.4, -0.2) is 11.8 Å². The Hall–Kier alpha value is -2.33. The van der Waals surface area contributed by atoms with E-state index in [2.05, 4.69) is 10.6 Å². The zero-order valence-corrected chi connectivity index (χ0v) is 13.5. The van der Waals surface area contributed by atoms with E-state index in [-0.39, 0.29) is 11.8 Å². The third-order valence-electron chi connectivity index (χ3n) is 4.05. The molecule has 0 bridgehead atoms. The number of para-hydroxylation sites is 1. The van der Waals surface area contributed by atoms with Crippen molar-refractivity contribution in [3.8, 4) is 0 Å². The Kier molecular flexibility index (Phi) is 4.09. The van der Waals surface area contributed by atoms with Gasteiger partial charge in [-0.3, -0.25) is 9.59 Å². The van der Waals surface area contributed by atoms with Gasteiger partial charge in [0.2, 0.25) is 11.8 Å². The van der Waals surface area contributed by atoms with Crippen LogP contribution in [-0.2, 0) is 9.59 Å². The maximum Gasteiger partial charge on any atom is 0.240 e. The molecule has 2 amide bonds. The molecule has 0 saturated heterocycles. The van der Waals surface area contributed by atoms with Crippen LogP contribution in [0.15, 0.2) is 48.5 Å². The number of hydrogen-bond acceptors (Lipinski definition) is 2. The van der Waals surface area contributed by atoms with Gasteiger partial charge in [0.25, 0.3) is 0 Å². The van der Waals surface area contributed by atoms with Crippen LogP contribution >= 0.6 is 11.6 Å². The first-order valence-electron chi connectivity index (χ1n) is 7.45. The summed E-state index contributed by atoms with van der Waals surface area (Å²) in [6.45, 7) is 1.98. The molecule has 0 aromatic heterocycles. The maximum absolute atomic E-state index is 12.5. The van der Waals surface area contributed by atoms with Crippen molar-refractivity contribution < 1.29 is 9.59 Å². The Morgan fingerprint density at radius 1 is 0.957 bits per heavy atom. The molecule has 2 aromatic rings. The molecule has 1 aliphatic rings. The van der Waals surface area contributed by atoms with E-state index in [1.54, 1.807) is 24.3 Å². The lowest BCUT2D eigenvalue weighted by molar-refractivity contribution is -0.131. The molecule has 1 saturated carbocycles. The number of rotatable bonds is 4. The summed E-state index contributed by atoms with van der Waals surface area (Å²) in [7, 11) is 0. The zero-order chi connectivity index (χ0) is 16.4. The number of halogens is 1. The Morgan fingerprint density at radius 3 is 2.17 bits per heavy atom. The predicted octanol–water partition coefficient (Wildman–Crippen LogP) is 4.01. The molecule has 0 unspecified atom stereocenters. The molecule has 3 rings (SSSR count). The SMILES string of the molecule is Cc1ccc(NC(=O)C2(C(=O)Nc3ccccc3Cl)CC2)cc1. The van der Waals surface area contributed by atoms with Gasteiger partial charge in [0.1, 0.15) is 5.41 Å². The summed E-state index contributed by atoms with van der Waals surface area (Å²) in [4.78, 5) is 25.0. The van der Waals surface area contributed by atoms with Gasteiger partial charge in [0.05, 0.1) is 10.7 Å². The Balaban J connectivity index is 1.71. The van der Waals surface area contributed by atoms with Crippen molar-refractivity contribution in [1.82, 2.24) is 0 Å². The highest BCUT2D eigenvalue weighted by atomic mass is 35.5. The normalized spacial score (nSPS) is 14.9. The number of carbonyl (C=O) groups excluding carboxylic acids is 2. The van der Waals surface area contributed by atoms with Crippen molar-refractivity contribution in [2.24, 2.45) is 5.41 Å². The molecule has 4 nitrogen and oxygen atoms in total. The molecule has 0 heterocycles. The summed E-state index contributed by atoms with van der Waals surface area (Å²) < 4.78 is 0. The van der Waals surface area contributed by atoms with Crippen LogP contribution in [0.2, 0.25) is 5.02 Å². The summed E-state index contributed by atoms with van der Waals surface area (Å²) >= 11 is 6.05. The average Bonchev–Trinajstić information content (AvgIpc) is 3.34. The van der Waals surface area contributed by atoms with Crippen molar-refractivity contribution in [2.75, 3.05) is 10.6 Å². The molecule has 23 heavy (non-hydrogen) atoms. The van der Waals surface area contributed by atoms with E-state index in [1.807, 2.05) is 31.2 Å². The fourth-order valence-electron chi connectivity index (χ4n) is 2.37. The third-order valence-corrected chi connectivity index (χ3v) is 4.38. The first-order chi connectivity index (χ1) is 11.0. The fraction of sp³-hybridized carbons (Fsp3) is 0.222. The van der Waals surface area contributed by atoms with Crippen LogP contribution in [0.25, 0.3) is 0 Å². The van der Waals surface area contributed by atoms with Gasteiger partial charge in [0, 0.05) is 5.69 Å². The second-order valence-corrected chi connectivity index (χ2v) is 6.24. The highest BCUT2D eigenvalue weighted by molar-refractivity contribution is 6.34. The van der Waals surface area contributed by atoms with Gasteiger partial charge in [-0.15, -0.1) is 0 Å². The van der Waals surface area contributed by atoms with E-state index in [1.165, 1.54) is 0 Å². The van der Waals surface area contributed by atoms with E-state index < -0.39 is 5.41 Å². The average molecular weight is 329 g/mol. The summed E-state index contributed by atoms with van der Waals surface area (Å²) in [5.41, 5.74) is 1.33. The van der Waals surface area contributed by atoms with Crippen LogP contribution in [0.1, 0.15) is 18.4 Å². The number of anilines is 2. The first kappa shape index (κ1) is 15.6. The van der Waals surface area contributed by atoms with E-state index in [0.29, 0.717) is 29.2 Å². The summed E-state index contributed by atoms with van der Waals surface area (Å²) in [5, 5.41) is 6.03. The van der Waals surface area contributed by atoms with E-state index in [9.17, 15) is 9.59 Å². The quantitative estimate of drug-likeness (QED) is 0.833. The van der Waals surface area contributed by atoms with Gasteiger partial charge in [-0.25, -0.2) is 0 Å². The van der Waals surface area contributed by atoms with Gasteiger partial charge in [-0.05, 0) is 44.0 Å². The molecule has 2 N–H and O–H groups in total. The molecule has 5 heteroatoms. The summed E-state index contributed by atoms with van der Waals surface area (Å²) in [6, 6.07) is 14.5. The Bertz CT molecular complexity index is 752. The van der Waals surface area contributed by atoms with Crippen LogP contribution in [0.4, 0.5) is 11.4 Å².